The fourth-order valence-electron chi connectivity index (χ4n) is 2.74. The molecule has 0 bridgehead atoms. The molecule has 1 heterocycles. The molecule has 0 radical (unpaired) electrons. The third-order valence-electron chi connectivity index (χ3n) is 3.94. The van der Waals surface area contributed by atoms with E-state index in [2.05, 4.69) is 18.3 Å². The first-order chi connectivity index (χ1) is 8.78. The fraction of sp³-hybridized carbons (Fsp3) is 0.467. The van der Waals surface area contributed by atoms with Gasteiger partial charge in [-0.05, 0) is 56.1 Å². The molecular weight excluding hydrogens is 246 g/mol. The van der Waals surface area contributed by atoms with Crippen LogP contribution < -0.4 is 5.32 Å². The van der Waals surface area contributed by atoms with E-state index in [1.165, 1.54) is 12.8 Å². The average Bonchev–Trinajstić information content (AvgIpc) is 2.70. The summed E-state index contributed by atoms with van der Waals surface area (Å²) in [5.41, 5.74) is 0.948. The van der Waals surface area contributed by atoms with Crippen LogP contribution in [0.5, 0.6) is 0 Å². The Kier molecular flexibility index (Phi) is 3.31. The topological polar surface area (TPSA) is 25.2 Å². The molecule has 1 fully saturated rings. The Bertz CT molecular complexity index is 548. The zero-order chi connectivity index (χ0) is 12.5. The van der Waals surface area contributed by atoms with Crippen molar-refractivity contribution in [2.75, 3.05) is 13.1 Å². The van der Waals surface area contributed by atoms with Crippen LogP contribution in [0, 0.1) is 5.92 Å². The fourth-order valence-corrected chi connectivity index (χ4v) is 2.92. The highest BCUT2D eigenvalue weighted by atomic mass is 35.5. The summed E-state index contributed by atoms with van der Waals surface area (Å²) in [5.74, 6) is 2.43. The summed E-state index contributed by atoms with van der Waals surface area (Å²) < 4.78 is 5.95. The van der Waals surface area contributed by atoms with Gasteiger partial charge in [-0.25, -0.2) is 0 Å². The van der Waals surface area contributed by atoms with E-state index in [1.807, 2.05) is 18.2 Å². The van der Waals surface area contributed by atoms with Gasteiger partial charge in [-0.1, -0.05) is 18.5 Å². The molecule has 2 atom stereocenters. The number of fused-ring (bicyclic) bond motifs is 1. The number of nitrogens with one attached hydrogen (secondary N) is 1. The number of rotatable bonds is 4. The molecule has 2 nitrogen and oxygen atoms in total. The lowest BCUT2D eigenvalue weighted by Gasteiger charge is -2.35. The largest absolute Gasteiger partial charge is 0.461 e. The van der Waals surface area contributed by atoms with Crippen molar-refractivity contribution in [1.82, 2.24) is 5.32 Å². The normalized spacial score (nSPS) is 23.2. The summed E-state index contributed by atoms with van der Waals surface area (Å²) in [6.07, 6.45) is 2.54. The van der Waals surface area contributed by atoms with Gasteiger partial charge in [0.2, 0.25) is 0 Å². The average molecular weight is 264 g/mol. The predicted molar refractivity (Wildman–Crippen MR) is 75.2 cm³/mol. The van der Waals surface area contributed by atoms with Crippen LogP contribution >= 0.6 is 11.6 Å². The van der Waals surface area contributed by atoms with E-state index in [4.69, 9.17) is 16.0 Å². The van der Waals surface area contributed by atoms with Gasteiger partial charge in [0.1, 0.15) is 11.3 Å². The number of hydrogen-bond donors (Lipinski definition) is 1. The molecule has 2 unspecified atom stereocenters. The Morgan fingerprint density at radius 2 is 2.22 bits per heavy atom. The lowest BCUT2D eigenvalue weighted by atomic mass is 9.72. The first kappa shape index (κ1) is 12.1. The van der Waals surface area contributed by atoms with E-state index in [-0.39, 0.29) is 0 Å². The van der Waals surface area contributed by atoms with Gasteiger partial charge in [0.25, 0.3) is 0 Å². The van der Waals surface area contributed by atoms with Crippen molar-refractivity contribution < 1.29 is 4.42 Å². The highest BCUT2D eigenvalue weighted by molar-refractivity contribution is 6.31. The zero-order valence-corrected chi connectivity index (χ0v) is 11.3. The second-order valence-electron chi connectivity index (χ2n) is 5.08. The second kappa shape index (κ2) is 4.94. The van der Waals surface area contributed by atoms with Crippen molar-refractivity contribution in [3.05, 3.63) is 35.0 Å². The summed E-state index contributed by atoms with van der Waals surface area (Å²) >= 11 is 6.00. The van der Waals surface area contributed by atoms with Crippen LogP contribution in [0.15, 0.2) is 28.7 Å². The van der Waals surface area contributed by atoms with Gasteiger partial charge < -0.3 is 9.73 Å². The number of benzene rings is 1. The highest BCUT2D eigenvalue weighted by Gasteiger charge is 2.34. The molecule has 1 aliphatic carbocycles. The lowest BCUT2D eigenvalue weighted by Crippen LogP contribution is -2.33. The highest BCUT2D eigenvalue weighted by Crippen LogP contribution is 2.43. The molecule has 1 saturated carbocycles. The molecule has 0 amide bonds. The van der Waals surface area contributed by atoms with Gasteiger partial charge in [0, 0.05) is 16.3 Å². The van der Waals surface area contributed by atoms with Gasteiger partial charge in [-0.15, -0.1) is 0 Å². The second-order valence-corrected chi connectivity index (χ2v) is 5.52. The molecule has 1 N–H and O–H groups in total. The van der Waals surface area contributed by atoms with E-state index in [0.29, 0.717) is 5.92 Å². The number of halogens is 1. The van der Waals surface area contributed by atoms with Crippen molar-refractivity contribution in [3.8, 4) is 0 Å². The van der Waals surface area contributed by atoms with E-state index in [0.717, 1.165) is 40.8 Å². The molecular formula is C15H18ClNO. The molecule has 96 valence electrons. The molecule has 0 spiro atoms. The number of hydrogen-bond acceptors (Lipinski definition) is 2. The van der Waals surface area contributed by atoms with Gasteiger partial charge in [0.15, 0.2) is 0 Å². The lowest BCUT2D eigenvalue weighted by molar-refractivity contribution is 0.220. The molecule has 18 heavy (non-hydrogen) atoms. The first-order valence-corrected chi connectivity index (χ1v) is 7.05. The van der Waals surface area contributed by atoms with Crippen molar-refractivity contribution in [1.29, 1.82) is 0 Å². The van der Waals surface area contributed by atoms with Gasteiger partial charge >= 0.3 is 0 Å². The monoisotopic (exact) mass is 263 g/mol. The Morgan fingerprint density at radius 1 is 1.33 bits per heavy atom. The maximum absolute atomic E-state index is 6.00. The minimum absolute atomic E-state index is 0.579. The van der Waals surface area contributed by atoms with Crippen molar-refractivity contribution in [3.63, 3.8) is 0 Å². The Balaban J connectivity index is 1.81. The summed E-state index contributed by atoms with van der Waals surface area (Å²) in [7, 11) is 0. The van der Waals surface area contributed by atoms with Crippen LogP contribution in [0.3, 0.4) is 0 Å². The summed E-state index contributed by atoms with van der Waals surface area (Å²) in [5, 5.41) is 5.32. The zero-order valence-electron chi connectivity index (χ0n) is 10.6. The summed E-state index contributed by atoms with van der Waals surface area (Å²) in [6, 6.07) is 7.97. The van der Waals surface area contributed by atoms with E-state index in [9.17, 15) is 0 Å². The molecule has 1 aliphatic rings. The standard InChI is InChI=1S/C15H18ClNO/c1-2-17-9-10-3-5-13(10)15-8-11-7-12(16)4-6-14(11)18-15/h4,6-8,10,13,17H,2-3,5,9H2,1H3. The third-order valence-corrected chi connectivity index (χ3v) is 4.17. The maximum Gasteiger partial charge on any atom is 0.134 e. The Morgan fingerprint density at radius 3 is 2.94 bits per heavy atom. The van der Waals surface area contributed by atoms with Crippen LogP contribution in [0.4, 0.5) is 0 Å². The Labute approximate surface area is 112 Å². The molecule has 2 aromatic rings. The number of furan rings is 1. The minimum Gasteiger partial charge on any atom is -0.461 e. The molecule has 3 rings (SSSR count). The summed E-state index contributed by atoms with van der Waals surface area (Å²) in [4.78, 5) is 0. The van der Waals surface area contributed by atoms with Crippen LogP contribution in [-0.2, 0) is 0 Å². The SMILES string of the molecule is CCNCC1CCC1c1cc2cc(Cl)ccc2o1. The third kappa shape index (κ3) is 2.15. The van der Waals surface area contributed by atoms with Crippen LogP contribution in [-0.4, -0.2) is 13.1 Å². The van der Waals surface area contributed by atoms with E-state index >= 15 is 0 Å². The Hall–Kier alpha value is -0.990. The van der Waals surface area contributed by atoms with Crippen LogP contribution in [0.25, 0.3) is 11.0 Å². The van der Waals surface area contributed by atoms with Crippen LogP contribution in [0.1, 0.15) is 31.4 Å². The maximum atomic E-state index is 6.00. The van der Waals surface area contributed by atoms with Gasteiger partial charge in [-0.2, -0.15) is 0 Å². The quantitative estimate of drug-likeness (QED) is 0.895. The molecule has 1 aromatic heterocycles. The van der Waals surface area contributed by atoms with Crippen molar-refractivity contribution in [2.45, 2.75) is 25.7 Å². The molecule has 0 aliphatic heterocycles. The molecule has 0 saturated heterocycles. The van der Waals surface area contributed by atoms with Crippen molar-refractivity contribution in [2.24, 2.45) is 5.92 Å². The van der Waals surface area contributed by atoms with Crippen molar-refractivity contribution >= 4 is 22.6 Å². The van der Waals surface area contributed by atoms with Crippen LogP contribution in [0.2, 0.25) is 5.02 Å². The van der Waals surface area contributed by atoms with E-state index < -0.39 is 0 Å². The molecule has 3 heteroatoms. The molecule has 1 aromatic carbocycles. The van der Waals surface area contributed by atoms with Gasteiger partial charge in [0.05, 0.1) is 0 Å². The first-order valence-electron chi connectivity index (χ1n) is 6.67. The minimum atomic E-state index is 0.579. The predicted octanol–water partition coefficient (Wildman–Crippen LogP) is 4.19. The summed E-state index contributed by atoms with van der Waals surface area (Å²) in [6.45, 7) is 4.29. The van der Waals surface area contributed by atoms with Gasteiger partial charge in [-0.3, -0.25) is 0 Å². The smallest absolute Gasteiger partial charge is 0.134 e. The van der Waals surface area contributed by atoms with E-state index in [1.54, 1.807) is 0 Å².